The first-order valence-electron chi connectivity index (χ1n) is 5.93. The molecular formula is C14H17NO3S. The minimum Gasteiger partial charge on any atom is -0.360 e. The van der Waals surface area contributed by atoms with Gasteiger partial charge in [-0.2, -0.15) is 0 Å². The molecule has 0 radical (unpaired) electrons. The molecule has 0 atom stereocenters. The molecule has 2 rings (SSSR count). The van der Waals surface area contributed by atoms with Gasteiger partial charge in [-0.05, 0) is 19.1 Å². The van der Waals surface area contributed by atoms with Crippen LogP contribution in [0.4, 0.5) is 0 Å². The van der Waals surface area contributed by atoms with Crippen molar-refractivity contribution in [3.63, 3.8) is 0 Å². The third-order valence-electron chi connectivity index (χ3n) is 2.64. The normalized spacial score (nSPS) is 11.2. The molecule has 0 aliphatic heterocycles. The summed E-state index contributed by atoms with van der Waals surface area (Å²) >= 11 is 1.71. The van der Waals surface area contributed by atoms with Crippen LogP contribution < -0.4 is 0 Å². The van der Waals surface area contributed by atoms with Gasteiger partial charge < -0.3 is 14.0 Å². The molecule has 1 aromatic carbocycles. The number of benzene rings is 1. The fourth-order valence-corrected chi connectivity index (χ4v) is 2.50. The summed E-state index contributed by atoms with van der Waals surface area (Å²) in [5.74, 6) is 1.66. The summed E-state index contributed by atoms with van der Waals surface area (Å²) in [6.45, 7) is 1.92. The van der Waals surface area contributed by atoms with Gasteiger partial charge in [-0.25, -0.2) is 0 Å². The van der Waals surface area contributed by atoms with Crippen LogP contribution in [-0.4, -0.2) is 19.4 Å². The van der Waals surface area contributed by atoms with E-state index in [2.05, 4.69) is 5.16 Å². The second-order valence-corrected chi connectivity index (χ2v) is 5.14. The molecule has 102 valence electrons. The van der Waals surface area contributed by atoms with Crippen molar-refractivity contribution in [2.45, 2.75) is 23.9 Å². The predicted octanol–water partition coefficient (Wildman–Crippen LogP) is 3.57. The molecular weight excluding hydrogens is 262 g/mol. The molecule has 0 bridgehead atoms. The highest BCUT2D eigenvalue weighted by Gasteiger charge is 2.08. The van der Waals surface area contributed by atoms with Crippen molar-refractivity contribution in [1.82, 2.24) is 5.16 Å². The smallest absolute Gasteiger partial charge is 0.183 e. The Morgan fingerprint density at radius 2 is 1.89 bits per heavy atom. The van der Waals surface area contributed by atoms with E-state index in [9.17, 15) is 0 Å². The second kappa shape index (κ2) is 6.75. The number of aryl methyl sites for hydroxylation is 1. The molecule has 19 heavy (non-hydrogen) atoms. The predicted molar refractivity (Wildman–Crippen MR) is 74.0 cm³/mol. The second-order valence-electron chi connectivity index (χ2n) is 4.10. The van der Waals surface area contributed by atoms with Crippen molar-refractivity contribution >= 4 is 11.8 Å². The van der Waals surface area contributed by atoms with E-state index >= 15 is 0 Å². The van der Waals surface area contributed by atoms with Crippen LogP contribution in [-0.2, 0) is 15.2 Å². The number of hydrogen-bond acceptors (Lipinski definition) is 5. The maximum absolute atomic E-state index is 5.21. The van der Waals surface area contributed by atoms with Crippen molar-refractivity contribution in [3.8, 4) is 0 Å². The van der Waals surface area contributed by atoms with E-state index in [1.54, 1.807) is 26.0 Å². The summed E-state index contributed by atoms with van der Waals surface area (Å²) in [5.41, 5.74) is 1.92. The molecule has 1 aromatic heterocycles. The summed E-state index contributed by atoms with van der Waals surface area (Å²) in [6.07, 6.45) is -0.309. The van der Waals surface area contributed by atoms with Gasteiger partial charge in [-0.1, -0.05) is 17.3 Å². The maximum atomic E-state index is 5.21. The zero-order chi connectivity index (χ0) is 13.7. The molecule has 0 aliphatic carbocycles. The fraction of sp³-hybridized carbons (Fsp3) is 0.357. The number of rotatable bonds is 6. The van der Waals surface area contributed by atoms with Gasteiger partial charge >= 0.3 is 0 Å². The minimum absolute atomic E-state index is 0.309. The molecule has 0 amide bonds. The zero-order valence-electron chi connectivity index (χ0n) is 11.3. The quantitative estimate of drug-likeness (QED) is 0.597. The zero-order valence-corrected chi connectivity index (χ0v) is 12.1. The summed E-state index contributed by atoms with van der Waals surface area (Å²) in [6, 6.07) is 10.1. The van der Waals surface area contributed by atoms with E-state index in [1.807, 2.05) is 37.3 Å². The lowest BCUT2D eigenvalue weighted by molar-refractivity contribution is -0.106. The number of nitrogens with zero attached hydrogens (tertiary/aromatic N) is 1. The molecule has 2 aromatic rings. The summed E-state index contributed by atoms with van der Waals surface area (Å²) < 4.78 is 15.6. The monoisotopic (exact) mass is 279 g/mol. The van der Waals surface area contributed by atoms with Gasteiger partial charge in [0.05, 0.1) is 11.4 Å². The van der Waals surface area contributed by atoms with Crippen molar-refractivity contribution < 1.29 is 14.0 Å². The number of hydrogen-bond donors (Lipinski definition) is 0. The molecule has 0 unspecified atom stereocenters. The standard InChI is InChI=1S/C14H17NO3S/c1-10-8-12(18-15-10)9-19-13-6-4-11(5-7-13)14(16-2)17-3/h4-8,14H,9H2,1-3H3. The molecule has 0 N–H and O–H groups in total. The maximum Gasteiger partial charge on any atom is 0.183 e. The van der Waals surface area contributed by atoms with Crippen LogP contribution in [0.15, 0.2) is 39.8 Å². The van der Waals surface area contributed by atoms with E-state index in [0.29, 0.717) is 0 Å². The van der Waals surface area contributed by atoms with Gasteiger partial charge in [0.25, 0.3) is 0 Å². The van der Waals surface area contributed by atoms with E-state index in [0.717, 1.165) is 22.8 Å². The van der Waals surface area contributed by atoms with Gasteiger partial charge in [0, 0.05) is 30.7 Å². The Hall–Kier alpha value is -1.30. The largest absolute Gasteiger partial charge is 0.360 e. The van der Waals surface area contributed by atoms with Gasteiger partial charge in [0.15, 0.2) is 6.29 Å². The first kappa shape index (κ1) is 14.1. The topological polar surface area (TPSA) is 44.5 Å². The third kappa shape index (κ3) is 3.83. The van der Waals surface area contributed by atoms with Gasteiger partial charge in [0.1, 0.15) is 5.76 Å². The molecule has 5 heteroatoms. The molecule has 0 saturated heterocycles. The van der Waals surface area contributed by atoms with Crippen molar-refractivity contribution in [1.29, 1.82) is 0 Å². The number of ether oxygens (including phenoxy) is 2. The lowest BCUT2D eigenvalue weighted by Gasteiger charge is -2.13. The number of aromatic nitrogens is 1. The van der Waals surface area contributed by atoms with Crippen LogP contribution in [0, 0.1) is 6.92 Å². The van der Waals surface area contributed by atoms with E-state index < -0.39 is 0 Å². The highest BCUT2D eigenvalue weighted by molar-refractivity contribution is 7.98. The van der Waals surface area contributed by atoms with Crippen LogP contribution in [0.3, 0.4) is 0 Å². The number of methoxy groups -OCH3 is 2. The first-order valence-corrected chi connectivity index (χ1v) is 6.92. The van der Waals surface area contributed by atoms with Crippen LogP contribution in [0.5, 0.6) is 0 Å². The summed E-state index contributed by atoms with van der Waals surface area (Å²) in [4.78, 5) is 1.17. The highest BCUT2D eigenvalue weighted by atomic mass is 32.2. The summed E-state index contributed by atoms with van der Waals surface area (Å²) in [5, 5.41) is 3.87. The third-order valence-corrected chi connectivity index (χ3v) is 3.67. The molecule has 4 nitrogen and oxygen atoms in total. The lowest BCUT2D eigenvalue weighted by Crippen LogP contribution is -2.02. The molecule has 0 saturated carbocycles. The summed E-state index contributed by atoms with van der Waals surface area (Å²) in [7, 11) is 3.26. The van der Waals surface area contributed by atoms with Crippen molar-refractivity contribution in [2.75, 3.05) is 14.2 Å². The van der Waals surface area contributed by atoms with Crippen molar-refractivity contribution in [3.05, 3.63) is 47.3 Å². The van der Waals surface area contributed by atoms with E-state index in [-0.39, 0.29) is 6.29 Å². The van der Waals surface area contributed by atoms with Crippen LogP contribution in [0.1, 0.15) is 23.3 Å². The van der Waals surface area contributed by atoms with E-state index in [1.165, 1.54) is 4.90 Å². The SMILES string of the molecule is COC(OC)c1ccc(SCc2cc(C)no2)cc1. The Labute approximate surface area is 117 Å². The Morgan fingerprint density at radius 1 is 1.21 bits per heavy atom. The van der Waals surface area contributed by atoms with Crippen molar-refractivity contribution in [2.24, 2.45) is 0 Å². The van der Waals surface area contributed by atoms with Gasteiger partial charge in [-0.15, -0.1) is 11.8 Å². The molecule has 0 spiro atoms. The Morgan fingerprint density at radius 3 is 2.42 bits per heavy atom. The van der Waals surface area contributed by atoms with Gasteiger partial charge in [0.2, 0.25) is 0 Å². The highest BCUT2D eigenvalue weighted by Crippen LogP contribution is 2.25. The average molecular weight is 279 g/mol. The van der Waals surface area contributed by atoms with Crippen LogP contribution in [0.2, 0.25) is 0 Å². The first-order chi connectivity index (χ1) is 9.22. The Balaban J connectivity index is 1.95. The minimum atomic E-state index is -0.309. The van der Waals surface area contributed by atoms with Gasteiger partial charge in [-0.3, -0.25) is 0 Å². The van der Waals surface area contributed by atoms with Crippen LogP contribution in [0.25, 0.3) is 0 Å². The lowest BCUT2D eigenvalue weighted by atomic mass is 10.2. The molecule has 0 fully saturated rings. The Bertz CT molecular complexity index is 506. The molecule has 1 heterocycles. The van der Waals surface area contributed by atoms with E-state index in [4.69, 9.17) is 14.0 Å². The average Bonchev–Trinajstić information content (AvgIpc) is 2.85. The molecule has 0 aliphatic rings. The number of thioether (sulfide) groups is 1. The Kier molecular flexibility index (Phi) is 5.01. The fourth-order valence-electron chi connectivity index (χ4n) is 1.73. The van der Waals surface area contributed by atoms with Crippen LogP contribution >= 0.6 is 11.8 Å².